The molecule has 0 atom stereocenters. The highest BCUT2D eigenvalue weighted by Gasteiger charge is 2.13. The van der Waals surface area contributed by atoms with E-state index in [-0.39, 0.29) is 16.5 Å². The van der Waals surface area contributed by atoms with Crippen LogP contribution in [0.3, 0.4) is 0 Å². The Hall–Kier alpha value is -1.71. The van der Waals surface area contributed by atoms with Crippen LogP contribution in [0.4, 0.5) is 8.78 Å². The van der Waals surface area contributed by atoms with Crippen LogP contribution in [-0.4, -0.2) is 4.98 Å². The first-order valence-corrected chi connectivity index (χ1v) is 4.49. The van der Waals surface area contributed by atoms with Gasteiger partial charge < -0.3 is 4.98 Å². The lowest BCUT2D eigenvalue weighted by Crippen LogP contribution is -2.07. The van der Waals surface area contributed by atoms with Gasteiger partial charge in [0.05, 0.1) is 10.9 Å². The molecular weight excluding hydrogens is 200 g/mol. The number of nitrogens with one attached hydrogen (secondary N) is 1. The van der Waals surface area contributed by atoms with Crippen LogP contribution in [0.1, 0.15) is 11.3 Å². The second-order valence-electron chi connectivity index (χ2n) is 3.56. The summed E-state index contributed by atoms with van der Waals surface area (Å²) in [5.41, 5.74) is 0.0773. The number of hydrogen-bond acceptors (Lipinski definition) is 1. The fraction of sp³-hybridized carbons (Fsp3) is 0.182. The summed E-state index contributed by atoms with van der Waals surface area (Å²) in [6, 6.07) is 2.33. The highest BCUT2D eigenvalue weighted by atomic mass is 19.1. The van der Waals surface area contributed by atoms with Gasteiger partial charge in [0.1, 0.15) is 11.6 Å². The van der Waals surface area contributed by atoms with Crippen molar-refractivity contribution in [2.24, 2.45) is 0 Å². The van der Waals surface area contributed by atoms with Crippen LogP contribution in [0.5, 0.6) is 0 Å². The van der Waals surface area contributed by atoms with Gasteiger partial charge in [0.15, 0.2) is 5.43 Å². The van der Waals surface area contributed by atoms with Crippen molar-refractivity contribution in [1.29, 1.82) is 0 Å². The molecule has 4 heteroatoms. The number of H-pyrrole nitrogens is 1. The summed E-state index contributed by atoms with van der Waals surface area (Å²) < 4.78 is 27.0. The minimum Gasteiger partial charge on any atom is -0.356 e. The molecule has 1 aromatic carbocycles. The third-order valence-corrected chi connectivity index (χ3v) is 2.31. The van der Waals surface area contributed by atoms with E-state index in [0.29, 0.717) is 5.69 Å². The number of aromatic nitrogens is 1. The zero-order valence-corrected chi connectivity index (χ0v) is 8.32. The van der Waals surface area contributed by atoms with E-state index in [1.54, 1.807) is 6.92 Å². The number of aryl methyl sites for hydroxylation is 2. The SMILES string of the molecule is Cc1cc(=O)c2c(F)c(C)cc(F)c2[nH]1. The van der Waals surface area contributed by atoms with Crippen LogP contribution in [0.15, 0.2) is 16.9 Å². The van der Waals surface area contributed by atoms with E-state index in [1.807, 2.05) is 0 Å². The molecule has 1 N–H and O–H groups in total. The van der Waals surface area contributed by atoms with Gasteiger partial charge in [0, 0.05) is 11.8 Å². The summed E-state index contributed by atoms with van der Waals surface area (Å²) in [6.45, 7) is 3.05. The van der Waals surface area contributed by atoms with E-state index < -0.39 is 17.1 Å². The number of pyridine rings is 1. The molecule has 0 radical (unpaired) electrons. The van der Waals surface area contributed by atoms with Gasteiger partial charge in [-0.15, -0.1) is 0 Å². The molecular formula is C11H9F2NO. The Labute approximate surface area is 84.6 Å². The maximum absolute atomic E-state index is 13.6. The lowest BCUT2D eigenvalue weighted by molar-refractivity contribution is 0.607. The largest absolute Gasteiger partial charge is 0.356 e. The van der Waals surface area contributed by atoms with E-state index in [0.717, 1.165) is 6.07 Å². The Morgan fingerprint density at radius 1 is 1.20 bits per heavy atom. The lowest BCUT2D eigenvalue weighted by Gasteiger charge is -2.04. The summed E-state index contributed by atoms with van der Waals surface area (Å²) in [7, 11) is 0. The van der Waals surface area contributed by atoms with Gasteiger partial charge >= 0.3 is 0 Å². The molecule has 0 saturated carbocycles. The molecule has 0 aliphatic carbocycles. The fourth-order valence-electron chi connectivity index (χ4n) is 1.61. The van der Waals surface area contributed by atoms with Crippen molar-refractivity contribution >= 4 is 10.9 Å². The smallest absolute Gasteiger partial charge is 0.192 e. The molecule has 0 spiro atoms. The van der Waals surface area contributed by atoms with Gasteiger partial charge in [0.25, 0.3) is 0 Å². The van der Waals surface area contributed by atoms with Crippen molar-refractivity contribution < 1.29 is 8.78 Å². The van der Waals surface area contributed by atoms with Crippen LogP contribution in [0.25, 0.3) is 10.9 Å². The summed E-state index contributed by atoms with van der Waals surface area (Å²) in [5.74, 6) is -1.27. The standard InChI is InChI=1S/C11H9F2NO/c1-5-3-7(12)11-9(10(5)13)8(15)4-6(2)14-11/h3-4H,1-2H3,(H,14,15). The molecule has 2 nitrogen and oxygen atoms in total. The van der Waals surface area contributed by atoms with Gasteiger partial charge in [0.2, 0.25) is 0 Å². The fourth-order valence-corrected chi connectivity index (χ4v) is 1.61. The monoisotopic (exact) mass is 209 g/mol. The normalized spacial score (nSPS) is 10.9. The third-order valence-electron chi connectivity index (χ3n) is 2.31. The average Bonchev–Trinajstić information content (AvgIpc) is 2.13. The van der Waals surface area contributed by atoms with E-state index >= 15 is 0 Å². The maximum Gasteiger partial charge on any atom is 0.192 e. The van der Waals surface area contributed by atoms with Crippen LogP contribution >= 0.6 is 0 Å². The molecule has 0 aliphatic rings. The second kappa shape index (κ2) is 3.15. The van der Waals surface area contributed by atoms with Crippen molar-refractivity contribution in [3.63, 3.8) is 0 Å². The minimum absolute atomic E-state index is 0.0666. The molecule has 1 aromatic heterocycles. The first-order valence-electron chi connectivity index (χ1n) is 4.49. The second-order valence-corrected chi connectivity index (χ2v) is 3.56. The molecule has 2 aromatic rings. The minimum atomic E-state index is -0.660. The van der Waals surface area contributed by atoms with E-state index in [4.69, 9.17) is 0 Å². The predicted octanol–water partition coefficient (Wildman–Crippen LogP) is 2.42. The Balaban J connectivity index is 3.10. The summed E-state index contributed by atoms with van der Waals surface area (Å²) in [5, 5.41) is -0.210. The molecule has 0 aliphatic heterocycles. The Bertz CT molecular complexity index is 602. The van der Waals surface area contributed by atoms with Gasteiger partial charge in [-0.05, 0) is 25.5 Å². The molecule has 0 saturated heterocycles. The number of benzene rings is 1. The van der Waals surface area contributed by atoms with Gasteiger partial charge in [-0.25, -0.2) is 8.78 Å². The Kier molecular flexibility index (Phi) is 2.07. The van der Waals surface area contributed by atoms with Crippen molar-refractivity contribution in [3.05, 3.63) is 45.2 Å². The van der Waals surface area contributed by atoms with Crippen LogP contribution in [-0.2, 0) is 0 Å². The van der Waals surface area contributed by atoms with Crippen molar-refractivity contribution in [2.75, 3.05) is 0 Å². The molecule has 0 bridgehead atoms. The van der Waals surface area contributed by atoms with Crippen molar-refractivity contribution in [1.82, 2.24) is 4.98 Å². The van der Waals surface area contributed by atoms with Crippen LogP contribution in [0, 0.1) is 25.5 Å². The maximum atomic E-state index is 13.6. The molecule has 0 fully saturated rings. The number of rotatable bonds is 0. The molecule has 15 heavy (non-hydrogen) atoms. The Morgan fingerprint density at radius 2 is 1.87 bits per heavy atom. The summed E-state index contributed by atoms with van der Waals surface area (Å²) in [6.07, 6.45) is 0. The van der Waals surface area contributed by atoms with E-state index in [9.17, 15) is 13.6 Å². The number of fused-ring (bicyclic) bond motifs is 1. The van der Waals surface area contributed by atoms with Crippen molar-refractivity contribution in [2.45, 2.75) is 13.8 Å². The molecule has 0 unspecified atom stereocenters. The average molecular weight is 209 g/mol. The van der Waals surface area contributed by atoms with Gasteiger partial charge in [-0.1, -0.05) is 0 Å². The number of aromatic amines is 1. The zero-order chi connectivity index (χ0) is 11.2. The van der Waals surface area contributed by atoms with Crippen LogP contribution < -0.4 is 5.43 Å². The Morgan fingerprint density at radius 3 is 2.53 bits per heavy atom. The quantitative estimate of drug-likeness (QED) is 0.710. The van der Waals surface area contributed by atoms with Crippen LogP contribution in [0.2, 0.25) is 0 Å². The number of halogens is 2. The topological polar surface area (TPSA) is 32.9 Å². The highest BCUT2D eigenvalue weighted by molar-refractivity contribution is 5.80. The summed E-state index contributed by atoms with van der Waals surface area (Å²) in [4.78, 5) is 14.2. The highest BCUT2D eigenvalue weighted by Crippen LogP contribution is 2.19. The van der Waals surface area contributed by atoms with Gasteiger partial charge in [-0.3, -0.25) is 4.79 Å². The zero-order valence-electron chi connectivity index (χ0n) is 8.32. The van der Waals surface area contributed by atoms with E-state index in [1.165, 1.54) is 13.0 Å². The first-order chi connectivity index (χ1) is 7.00. The van der Waals surface area contributed by atoms with E-state index in [2.05, 4.69) is 4.98 Å². The first kappa shape index (κ1) is 9.83. The predicted molar refractivity (Wildman–Crippen MR) is 54.0 cm³/mol. The molecule has 78 valence electrons. The summed E-state index contributed by atoms with van der Waals surface area (Å²) >= 11 is 0. The third kappa shape index (κ3) is 1.42. The molecule has 1 heterocycles. The number of hydrogen-bond donors (Lipinski definition) is 1. The van der Waals surface area contributed by atoms with Gasteiger partial charge in [-0.2, -0.15) is 0 Å². The molecule has 0 amide bonds. The lowest BCUT2D eigenvalue weighted by atomic mass is 10.1. The molecule has 2 rings (SSSR count). The van der Waals surface area contributed by atoms with Crippen molar-refractivity contribution in [3.8, 4) is 0 Å².